The molecule has 722 valence electrons. The van der Waals surface area contributed by atoms with Crippen molar-refractivity contribution in [3.05, 3.63) is 126 Å². The molecule has 0 saturated carbocycles. The minimum Gasteiger partial charge on any atom is -0.394 e. The minimum atomic E-state index is -1.83. The number of imidazole rings is 1. The van der Waals surface area contributed by atoms with E-state index in [-0.39, 0.29) is 107 Å². The second-order valence-corrected chi connectivity index (χ2v) is 35.4. The van der Waals surface area contributed by atoms with Crippen LogP contribution in [-0.4, -0.2) is 313 Å². The quantitative estimate of drug-likeness (QED) is 0.0122. The Morgan fingerprint density at radius 1 is 0.579 bits per heavy atom. The van der Waals surface area contributed by atoms with Crippen molar-refractivity contribution in [3.8, 4) is 0 Å². The van der Waals surface area contributed by atoms with Crippen LogP contribution in [-0.2, 0) is 107 Å². The molecule has 0 spiro atoms. The predicted octanol–water partition coefficient (Wildman–Crippen LogP) is -1.94. The molecule has 3 aliphatic heterocycles. The number of nitrogens with one attached hydrogen (secondary N) is 15. The van der Waals surface area contributed by atoms with Crippen LogP contribution in [0.2, 0.25) is 0 Å². The van der Waals surface area contributed by atoms with Gasteiger partial charge in [-0.1, -0.05) is 120 Å². The van der Waals surface area contributed by atoms with Gasteiger partial charge in [0.05, 0.1) is 56.0 Å². The van der Waals surface area contributed by atoms with Crippen LogP contribution < -0.4 is 75.7 Å². The largest absolute Gasteiger partial charge is 0.394 e. The lowest BCUT2D eigenvalue weighted by Gasteiger charge is -2.36. The van der Waals surface area contributed by atoms with Crippen molar-refractivity contribution in [3.63, 3.8) is 0 Å². The van der Waals surface area contributed by atoms with Gasteiger partial charge in [-0.3, -0.25) is 87.4 Å². The van der Waals surface area contributed by atoms with Crippen molar-refractivity contribution in [2.45, 2.75) is 228 Å². The summed E-state index contributed by atoms with van der Waals surface area (Å²) in [5, 5.41) is 50.7. The van der Waals surface area contributed by atoms with Crippen molar-refractivity contribution in [2.75, 3.05) is 72.5 Å². The van der Waals surface area contributed by atoms with Gasteiger partial charge in [0.25, 0.3) is 0 Å². The highest BCUT2D eigenvalue weighted by molar-refractivity contribution is 8.00. The van der Waals surface area contributed by atoms with Crippen LogP contribution in [0.25, 0.3) is 21.8 Å². The fraction of sp³-hybridized carbons (Fsp3) is 0.533. The van der Waals surface area contributed by atoms with Gasteiger partial charge in [-0.15, -0.1) is 11.8 Å². The minimum absolute atomic E-state index is 0.0203. The number of aromatic nitrogens is 4. The maximum Gasteiger partial charge on any atom is 0.246 e. The lowest BCUT2D eigenvalue weighted by Crippen LogP contribution is -2.61. The predicted molar refractivity (Wildman–Crippen MR) is 493 cm³/mol. The van der Waals surface area contributed by atoms with E-state index in [2.05, 4.69) is 78.4 Å². The van der Waals surface area contributed by atoms with E-state index in [0.29, 0.717) is 64.2 Å². The molecule has 42 nitrogen and oxygen atoms in total. The van der Waals surface area contributed by atoms with Crippen LogP contribution in [0.15, 0.2) is 104 Å². The maximum absolute atomic E-state index is 15.7. The molecule has 3 aromatic heterocycles. The smallest absolute Gasteiger partial charge is 0.246 e. The third-order valence-electron chi connectivity index (χ3n) is 23.8. The van der Waals surface area contributed by atoms with E-state index in [1.165, 1.54) is 57.4 Å². The number of benzene rings is 3. The third kappa shape index (κ3) is 29.7. The fourth-order valence-electron chi connectivity index (χ4n) is 16.4. The number of nitrogens with two attached hydrogens (primary N) is 3. The highest BCUT2D eigenvalue weighted by atomic mass is 32.2. The first-order valence-electron chi connectivity index (χ1n) is 44.9. The summed E-state index contributed by atoms with van der Waals surface area (Å²) >= 11 is 0.943. The molecule has 6 aromatic rings. The van der Waals surface area contributed by atoms with Gasteiger partial charge in [0.1, 0.15) is 78.8 Å². The van der Waals surface area contributed by atoms with E-state index >= 15 is 24.0 Å². The van der Waals surface area contributed by atoms with E-state index in [1.807, 2.05) is 19.9 Å². The van der Waals surface area contributed by atoms with Crippen LogP contribution in [0.1, 0.15) is 134 Å². The van der Waals surface area contributed by atoms with Crippen LogP contribution >= 0.6 is 11.8 Å². The molecule has 3 aliphatic rings. The molecule has 43 heteroatoms. The summed E-state index contributed by atoms with van der Waals surface area (Å²) in [6.45, 7) is 6.38. The number of ether oxygens (including phenoxy) is 1. The van der Waals surface area contributed by atoms with Gasteiger partial charge in [-0.05, 0) is 86.6 Å². The Morgan fingerprint density at radius 2 is 1.14 bits per heavy atom. The number of thioether (sulfide) groups is 1. The van der Waals surface area contributed by atoms with Crippen molar-refractivity contribution < 1.29 is 86.6 Å². The number of H-pyrrole nitrogens is 3. The number of aliphatic hydroxyl groups excluding tert-OH is 1. The fourth-order valence-corrected chi connectivity index (χ4v) is 17.2. The summed E-state index contributed by atoms with van der Waals surface area (Å²) in [5.41, 5.74) is 20.2. The molecule has 6 heterocycles. The zero-order valence-electron chi connectivity index (χ0n) is 76.5. The van der Waals surface area contributed by atoms with Crippen molar-refractivity contribution in [1.82, 2.24) is 103 Å². The Hall–Kier alpha value is -13.0. The van der Waals surface area contributed by atoms with Crippen LogP contribution in [0.4, 0.5) is 0 Å². The van der Waals surface area contributed by atoms with E-state index in [0.717, 1.165) is 26.5 Å². The lowest BCUT2D eigenvalue weighted by molar-refractivity contribution is -0.149. The Balaban J connectivity index is 1.07. The number of fused-ring (bicyclic) bond motifs is 4. The maximum atomic E-state index is 15.7. The van der Waals surface area contributed by atoms with E-state index in [4.69, 9.17) is 27.3 Å². The lowest BCUT2D eigenvalue weighted by atomic mass is 10.00. The zero-order chi connectivity index (χ0) is 96.9. The number of amides is 16. The number of rotatable bonds is 26. The summed E-state index contributed by atoms with van der Waals surface area (Å²) in [5.74, 6) is -14.8. The number of epoxide rings is 1. The number of guanidine groups is 1. The van der Waals surface area contributed by atoms with Gasteiger partial charge in [0, 0.05) is 113 Å². The number of unbranched alkanes of at least 4 members (excludes halogenated alkanes) is 2. The normalized spacial score (nSPS) is 24.9. The summed E-state index contributed by atoms with van der Waals surface area (Å²) in [4.78, 5) is 253. The van der Waals surface area contributed by atoms with Crippen molar-refractivity contribution >= 4 is 134 Å². The molecule has 133 heavy (non-hydrogen) atoms. The summed E-state index contributed by atoms with van der Waals surface area (Å²) < 4.78 is 6.22. The Morgan fingerprint density at radius 3 is 1.75 bits per heavy atom. The van der Waals surface area contributed by atoms with Gasteiger partial charge in [0.2, 0.25) is 94.5 Å². The SMILES string of the molecule is CCCC[C@H]1C(=O)N(C)[C@@H](CCCC)C(=O)N[C@@H](CCCNC(=N)N)C2OC2N[C@H](C(=O)NCC(N)=O)CSCC(=O)NC(Cc2ccccc2)C(=O)N(C)[C@@H](C)C(=O)N[C@@H](CC(N)=O)C(=O)N2CCC[C@H]2C(=O)N[C@@H](Cc2c[nH]cn2)C(=O)N[C@@H](CC(C)C)C(=O)N(C)CC(=O)N[C@@H](Cc2c[nH]c3ccccc23)C(=O)N[C@@H](CO)C(=O)N[C@@H](Cc2c[nH]c3ccccc23)C(=O)N1C. The van der Waals surface area contributed by atoms with E-state index in [9.17, 15) is 57.8 Å². The van der Waals surface area contributed by atoms with E-state index in [1.54, 1.807) is 99.0 Å². The van der Waals surface area contributed by atoms with Crippen molar-refractivity contribution in [1.29, 1.82) is 5.41 Å². The Labute approximate surface area is 775 Å². The number of aromatic amines is 3. The van der Waals surface area contributed by atoms with Crippen LogP contribution in [0.3, 0.4) is 0 Å². The first-order chi connectivity index (χ1) is 63.5. The highest BCUT2D eigenvalue weighted by Crippen LogP contribution is 2.30. The second kappa shape index (κ2) is 50.0. The molecule has 3 saturated heterocycles. The molecule has 9 rings (SSSR count). The molecule has 3 fully saturated rings. The number of para-hydroxylation sites is 2. The molecule has 3 unspecified atom stereocenters. The van der Waals surface area contributed by atoms with Gasteiger partial charge < -0.3 is 120 Å². The van der Waals surface area contributed by atoms with Crippen molar-refractivity contribution in [2.24, 2.45) is 23.1 Å². The molecule has 0 aliphatic carbocycles. The number of likely N-dealkylation sites (N-methyl/N-ethyl adjacent to an activating group) is 4. The monoisotopic (exact) mass is 1860 g/mol. The summed E-state index contributed by atoms with van der Waals surface area (Å²) in [6.07, 6.45) is 5.41. The summed E-state index contributed by atoms with van der Waals surface area (Å²) in [6, 6.07) is 4.61. The average Bonchev–Trinajstić information content (AvgIpc) is 1.66. The van der Waals surface area contributed by atoms with E-state index < -0.39 is 217 Å². The number of hydrogen-bond acceptors (Lipinski definition) is 22. The zero-order valence-corrected chi connectivity index (χ0v) is 77.3. The number of nitrogens with zero attached hydrogens (tertiary/aromatic N) is 6. The standard InChI is InChI=1S/C90H128N24O18S/c1-10-12-30-69-82(125)103-60(29-21-33-96-90(93)94)76-84(132-76)109-68(78(121)99-44-73(92)117)47-133-48-75(119)102-64(36-52-23-15-14-16-24-52)86(128)111(7)51(5)77(120)105-66(40-72(91)116)88(130)114-34-22-32-70(114)83(126)104-62(39-55-43-95-49-100-55)80(123)106-63(35-50(3)4)85(127)110(6)45-74(118)101-61(37-53-41-97-58-27-19-17-25-56(53)58)79(122)108-67(46-115)81(124)107-65(38-54-42-98-59-28-20-18-26-57(54)59)87(129)113(9)71(31-13-11-2)89(131)112(69)8/h14-20,23-28,41-43,49-51,60-71,76,84,97-98,109,115H,10-13,21-22,29-40,44-48H2,1-9H3,(H2,91,116)(H2,92,117)(H,95,100)(H,99,121)(H,101,118)(H,102,119)(H,103,125)(H,104,126)(H,105,120)(H,106,123)(H,107,124)(H,108,122)(H4,93,94,96)/t51-,60-,61-,62-,63-,64?,65-,66-,67-,68-,69-,70-,71-,76?,84?/m0/s1. The second-order valence-electron chi connectivity index (χ2n) is 34.4. The molecule has 15 atom stereocenters. The third-order valence-corrected chi connectivity index (χ3v) is 24.9. The van der Waals surface area contributed by atoms with Gasteiger partial charge >= 0.3 is 0 Å². The van der Waals surface area contributed by atoms with Crippen LogP contribution in [0, 0.1) is 11.3 Å². The average molecular weight is 1870 g/mol. The van der Waals surface area contributed by atoms with Gasteiger partial charge in [-0.2, -0.15) is 0 Å². The summed E-state index contributed by atoms with van der Waals surface area (Å²) in [7, 11) is 5.42. The van der Waals surface area contributed by atoms with Crippen LogP contribution in [0.5, 0.6) is 0 Å². The first kappa shape index (κ1) is 104. The number of hydrogen-bond donors (Lipinski definition) is 19. The molecule has 0 bridgehead atoms. The molecule has 0 radical (unpaired) electrons. The van der Waals surface area contributed by atoms with Gasteiger partial charge in [0.15, 0.2) is 5.96 Å². The topological polar surface area (TPSA) is 617 Å². The Kier molecular flexibility index (Phi) is 39.0. The van der Waals surface area contributed by atoms with Gasteiger partial charge in [-0.25, -0.2) is 4.98 Å². The molecule has 16 amide bonds. The highest BCUT2D eigenvalue weighted by Gasteiger charge is 2.49. The number of primary amides is 2. The number of carbonyl (C=O) groups is 16. The first-order valence-corrected chi connectivity index (χ1v) is 46.0. The number of aliphatic hydroxyl groups is 1. The molecule has 3 aromatic carbocycles. The Bertz CT molecular complexity index is 5070. The molecular weight excluding hydrogens is 1740 g/mol. The molecule has 22 N–H and O–H groups in total. The number of carbonyl (C=O) groups excluding carboxylic acids is 16. The molecular formula is C90H128N24O18S.